The van der Waals surface area contributed by atoms with Crippen LogP contribution in [0.1, 0.15) is 22.3 Å². The molecule has 0 aromatic heterocycles. The average molecular weight is 444 g/mol. The van der Waals surface area contributed by atoms with E-state index in [1.54, 1.807) is 40.1 Å². The van der Waals surface area contributed by atoms with Gasteiger partial charge in [-0.15, -0.1) is 0 Å². The SMILES string of the molecule is N[C@@H](Cc1ccc(O)cc1)C(=O)N1CCC2C1C(=O)CN2C(=O)c1cccc2ccccc12. The fourth-order valence-corrected chi connectivity index (χ4v) is 5.09. The molecule has 0 radical (unpaired) electrons. The van der Waals surface area contributed by atoms with Crippen molar-refractivity contribution >= 4 is 28.4 Å². The third-order valence-corrected chi connectivity index (χ3v) is 6.70. The lowest BCUT2D eigenvalue weighted by Gasteiger charge is -2.26. The number of nitrogens with zero attached hydrogens (tertiary/aromatic N) is 2. The molecule has 7 nitrogen and oxygen atoms in total. The highest BCUT2D eigenvalue weighted by atomic mass is 16.3. The van der Waals surface area contributed by atoms with E-state index >= 15 is 0 Å². The van der Waals surface area contributed by atoms with E-state index in [2.05, 4.69) is 0 Å². The Bertz CT molecular complexity index is 1230. The van der Waals surface area contributed by atoms with Crippen molar-refractivity contribution in [2.24, 2.45) is 5.73 Å². The summed E-state index contributed by atoms with van der Waals surface area (Å²) >= 11 is 0. The highest BCUT2D eigenvalue weighted by Gasteiger charge is 2.52. The molecule has 2 unspecified atom stereocenters. The Morgan fingerprint density at radius 1 is 1.00 bits per heavy atom. The Labute approximate surface area is 191 Å². The molecular formula is C26H25N3O4. The summed E-state index contributed by atoms with van der Waals surface area (Å²) in [5.74, 6) is -0.455. The summed E-state index contributed by atoms with van der Waals surface area (Å²) in [6.45, 7) is 0.386. The maximum atomic E-state index is 13.5. The number of fused-ring (bicyclic) bond motifs is 2. The summed E-state index contributed by atoms with van der Waals surface area (Å²) in [5, 5.41) is 11.3. The van der Waals surface area contributed by atoms with Crippen LogP contribution in [-0.4, -0.2) is 63.7 Å². The fraction of sp³-hybridized carbons (Fsp3) is 0.269. The summed E-state index contributed by atoms with van der Waals surface area (Å²) < 4.78 is 0. The molecule has 168 valence electrons. The quantitative estimate of drug-likeness (QED) is 0.643. The van der Waals surface area contributed by atoms with Crippen molar-refractivity contribution < 1.29 is 19.5 Å². The van der Waals surface area contributed by atoms with Gasteiger partial charge in [-0.1, -0.05) is 48.5 Å². The van der Waals surface area contributed by atoms with Gasteiger partial charge in [-0.05, 0) is 47.4 Å². The molecule has 33 heavy (non-hydrogen) atoms. The van der Waals surface area contributed by atoms with Crippen molar-refractivity contribution in [2.45, 2.75) is 31.0 Å². The normalized spacial score (nSPS) is 20.8. The molecule has 2 aliphatic heterocycles. The first-order valence-electron chi connectivity index (χ1n) is 11.1. The second kappa shape index (κ2) is 8.33. The maximum absolute atomic E-state index is 13.5. The topological polar surface area (TPSA) is 104 Å². The highest BCUT2D eigenvalue weighted by molar-refractivity contribution is 6.09. The van der Waals surface area contributed by atoms with E-state index in [1.165, 1.54) is 0 Å². The number of phenols is 1. The van der Waals surface area contributed by atoms with Crippen molar-refractivity contribution in [3.05, 3.63) is 77.9 Å². The summed E-state index contributed by atoms with van der Waals surface area (Å²) in [5.41, 5.74) is 7.59. The van der Waals surface area contributed by atoms with Gasteiger partial charge in [0, 0.05) is 12.1 Å². The van der Waals surface area contributed by atoms with Crippen molar-refractivity contribution in [2.75, 3.05) is 13.1 Å². The first-order chi connectivity index (χ1) is 15.9. The van der Waals surface area contributed by atoms with Crippen LogP contribution in [0.15, 0.2) is 66.7 Å². The Hall–Kier alpha value is -3.71. The predicted molar refractivity (Wildman–Crippen MR) is 124 cm³/mol. The number of carbonyl (C=O) groups is 3. The van der Waals surface area contributed by atoms with Crippen molar-refractivity contribution in [3.63, 3.8) is 0 Å². The van der Waals surface area contributed by atoms with Gasteiger partial charge in [-0.3, -0.25) is 14.4 Å². The van der Waals surface area contributed by atoms with Gasteiger partial charge in [-0.2, -0.15) is 0 Å². The van der Waals surface area contributed by atoms with Crippen molar-refractivity contribution in [1.82, 2.24) is 9.80 Å². The number of amides is 2. The molecule has 3 atom stereocenters. The number of aromatic hydroxyl groups is 1. The van der Waals surface area contributed by atoms with Gasteiger partial charge >= 0.3 is 0 Å². The van der Waals surface area contributed by atoms with E-state index in [-0.39, 0.29) is 35.9 Å². The monoisotopic (exact) mass is 443 g/mol. The zero-order valence-electron chi connectivity index (χ0n) is 18.1. The van der Waals surface area contributed by atoms with E-state index in [0.29, 0.717) is 24.9 Å². The Kier molecular flexibility index (Phi) is 5.34. The third-order valence-electron chi connectivity index (χ3n) is 6.70. The van der Waals surface area contributed by atoms with Crippen LogP contribution in [0.5, 0.6) is 5.75 Å². The molecule has 2 aliphatic rings. The number of phenolic OH excluding ortho intramolecular Hbond substituents is 1. The number of likely N-dealkylation sites (tertiary alicyclic amines) is 2. The van der Waals surface area contributed by atoms with E-state index < -0.39 is 12.1 Å². The molecule has 0 spiro atoms. The molecular weight excluding hydrogens is 418 g/mol. The second-order valence-corrected chi connectivity index (χ2v) is 8.74. The molecule has 2 saturated heterocycles. The molecule has 0 aliphatic carbocycles. The molecule has 0 saturated carbocycles. The molecule has 3 aromatic carbocycles. The molecule has 2 heterocycles. The first-order valence-corrected chi connectivity index (χ1v) is 11.1. The number of nitrogens with two attached hydrogens (primary N) is 1. The Morgan fingerprint density at radius 3 is 2.52 bits per heavy atom. The number of ketones is 1. The minimum Gasteiger partial charge on any atom is -0.508 e. The zero-order chi connectivity index (χ0) is 23.1. The smallest absolute Gasteiger partial charge is 0.255 e. The largest absolute Gasteiger partial charge is 0.508 e. The molecule has 2 fully saturated rings. The van der Waals surface area contributed by atoms with Crippen LogP contribution in [0.2, 0.25) is 0 Å². The molecule has 0 bridgehead atoms. The van der Waals surface area contributed by atoms with Crippen LogP contribution in [0.4, 0.5) is 0 Å². The van der Waals surface area contributed by atoms with Gasteiger partial charge in [0.15, 0.2) is 5.78 Å². The second-order valence-electron chi connectivity index (χ2n) is 8.74. The van der Waals surface area contributed by atoms with Crippen molar-refractivity contribution in [3.8, 4) is 5.75 Å². The summed E-state index contributed by atoms with van der Waals surface area (Å²) in [6.07, 6.45) is 0.852. The summed E-state index contributed by atoms with van der Waals surface area (Å²) in [6, 6.07) is 18.0. The standard InChI is InChI=1S/C26H25N3O4/c27-21(14-16-8-10-18(30)11-9-16)26(33)28-13-12-22-24(28)23(31)15-29(22)25(32)20-7-3-5-17-4-1-2-6-19(17)20/h1-11,21-22,24,30H,12-15,27H2/t21-,22?,24?/m0/s1. The fourth-order valence-electron chi connectivity index (χ4n) is 5.09. The molecule has 5 rings (SSSR count). The summed E-state index contributed by atoms with van der Waals surface area (Å²) in [7, 11) is 0. The number of hydrogen-bond acceptors (Lipinski definition) is 5. The molecule has 7 heteroatoms. The average Bonchev–Trinajstić information content (AvgIpc) is 3.40. The van der Waals surface area contributed by atoms with Gasteiger partial charge < -0.3 is 20.6 Å². The van der Waals surface area contributed by atoms with Crippen LogP contribution >= 0.6 is 0 Å². The lowest BCUT2D eigenvalue weighted by Crippen LogP contribution is -2.50. The maximum Gasteiger partial charge on any atom is 0.255 e. The van der Waals surface area contributed by atoms with E-state index in [1.807, 2.05) is 36.4 Å². The number of carbonyl (C=O) groups excluding carboxylic acids is 3. The summed E-state index contributed by atoms with van der Waals surface area (Å²) in [4.78, 5) is 42.7. The minimum absolute atomic E-state index is 0.00559. The van der Waals surface area contributed by atoms with Gasteiger partial charge in [0.1, 0.15) is 11.8 Å². The Morgan fingerprint density at radius 2 is 1.73 bits per heavy atom. The lowest BCUT2D eigenvalue weighted by molar-refractivity contribution is -0.137. The van der Waals surface area contributed by atoms with E-state index in [0.717, 1.165) is 16.3 Å². The van der Waals surface area contributed by atoms with E-state index in [4.69, 9.17) is 5.73 Å². The molecule has 2 amide bonds. The highest BCUT2D eigenvalue weighted by Crippen LogP contribution is 2.32. The number of benzene rings is 3. The van der Waals surface area contributed by atoms with Crippen LogP contribution in [0, 0.1) is 0 Å². The number of rotatable bonds is 4. The van der Waals surface area contributed by atoms with Crippen LogP contribution in [0.3, 0.4) is 0 Å². The predicted octanol–water partition coefficient (Wildman–Crippen LogP) is 2.11. The van der Waals surface area contributed by atoms with Crippen molar-refractivity contribution in [1.29, 1.82) is 0 Å². The molecule has 3 N–H and O–H groups in total. The van der Waals surface area contributed by atoms with E-state index in [9.17, 15) is 19.5 Å². The van der Waals surface area contributed by atoms with Gasteiger partial charge in [-0.25, -0.2) is 0 Å². The van der Waals surface area contributed by atoms with Crippen LogP contribution in [0.25, 0.3) is 10.8 Å². The zero-order valence-corrected chi connectivity index (χ0v) is 18.1. The van der Waals surface area contributed by atoms with Gasteiger partial charge in [0.2, 0.25) is 5.91 Å². The number of hydrogen-bond donors (Lipinski definition) is 2. The van der Waals surface area contributed by atoms with Crippen LogP contribution in [-0.2, 0) is 16.0 Å². The van der Waals surface area contributed by atoms with Gasteiger partial charge in [0.05, 0.1) is 18.6 Å². The van der Waals surface area contributed by atoms with Crippen LogP contribution < -0.4 is 5.73 Å². The molecule has 3 aromatic rings. The van der Waals surface area contributed by atoms with Gasteiger partial charge in [0.25, 0.3) is 5.91 Å². The minimum atomic E-state index is -0.802. The number of Topliss-reactive ketones (excluding diaryl/α,β-unsaturated/α-hetero) is 1. The third kappa shape index (κ3) is 3.74. The Balaban J connectivity index is 1.34. The lowest BCUT2D eigenvalue weighted by atomic mass is 10.0. The first kappa shape index (κ1) is 21.2.